The first-order valence-electron chi connectivity index (χ1n) is 11.9. The van der Waals surface area contributed by atoms with Crippen LogP contribution < -0.4 is 10.1 Å². The van der Waals surface area contributed by atoms with Crippen LogP contribution in [0, 0.1) is 0 Å². The molecule has 1 amide bonds. The highest BCUT2D eigenvalue weighted by molar-refractivity contribution is 7.16. The number of nitrogens with zero attached hydrogens (tertiary/aromatic N) is 1. The lowest BCUT2D eigenvalue weighted by Gasteiger charge is -2.07. The average Bonchev–Trinajstić information content (AvgIpc) is 3.27. The van der Waals surface area contributed by atoms with Gasteiger partial charge in [-0.15, -0.1) is 11.3 Å². The second-order valence-electron chi connectivity index (χ2n) is 8.17. The fourth-order valence-electron chi connectivity index (χ4n) is 3.71. The Morgan fingerprint density at radius 1 is 0.882 bits per heavy atom. The summed E-state index contributed by atoms with van der Waals surface area (Å²) in [6.07, 6.45) is 4.00. The normalized spacial score (nSPS) is 10.8. The van der Waals surface area contributed by atoms with E-state index in [1.807, 2.05) is 30.3 Å². The van der Waals surface area contributed by atoms with Crippen LogP contribution in [0.5, 0.6) is 5.75 Å². The molecule has 1 N–H and O–H groups in total. The van der Waals surface area contributed by atoms with E-state index in [4.69, 9.17) is 9.72 Å². The van der Waals surface area contributed by atoms with Crippen molar-refractivity contribution in [2.45, 2.75) is 39.5 Å². The Balaban J connectivity index is 1.52. The number of carbonyl (C=O) groups excluding carboxylic acids is 1. The molecule has 0 fully saturated rings. The summed E-state index contributed by atoms with van der Waals surface area (Å²) < 4.78 is 5.75. The molecule has 4 aromatic rings. The number of hydrogen-bond acceptors (Lipinski definition) is 4. The van der Waals surface area contributed by atoms with Gasteiger partial charge in [0.15, 0.2) is 5.13 Å². The number of aryl methyl sites for hydroxylation is 1. The van der Waals surface area contributed by atoms with Crippen molar-refractivity contribution in [3.63, 3.8) is 0 Å². The summed E-state index contributed by atoms with van der Waals surface area (Å²) in [6, 6.07) is 26.1. The number of nitrogens with one attached hydrogen (secondary N) is 1. The molecule has 0 saturated heterocycles. The Morgan fingerprint density at radius 3 is 2.35 bits per heavy atom. The standard InChI is InChI=1S/C29H30N2O2S/c1-3-5-19-33-25-14-9-13-24(20-25)28(32)31-29-30-27(26(34-29)10-4-2)23-17-15-22(16-18-23)21-11-7-6-8-12-21/h6-9,11-18,20H,3-5,10,19H2,1-2H3,(H,30,31,32). The number of unbranched alkanes of at least 4 members (excludes halogenated alkanes) is 1. The lowest BCUT2D eigenvalue weighted by atomic mass is 10.0. The van der Waals surface area contributed by atoms with E-state index < -0.39 is 0 Å². The minimum Gasteiger partial charge on any atom is -0.494 e. The van der Waals surface area contributed by atoms with E-state index in [0.29, 0.717) is 23.1 Å². The number of carbonyl (C=O) groups is 1. The van der Waals surface area contributed by atoms with Gasteiger partial charge in [-0.05, 0) is 42.2 Å². The molecule has 1 aromatic heterocycles. The van der Waals surface area contributed by atoms with Gasteiger partial charge in [-0.2, -0.15) is 0 Å². The number of ether oxygens (including phenoxy) is 1. The number of thiazole rings is 1. The van der Waals surface area contributed by atoms with Gasteiger partial charge in [0.1, 0.15) is 5.75 Å². The van der Waals surface area contributed by atoms with Crippen molar-refractivity contribution >= 4 is 22.4 Å². The molecule has 0 atom stereocenters. The van der Waals surface area contributed by atoms with Crippen LogP contribution in [-0.4, -0.2) is 17.5 Å². The van der Waals surface area contributed by atoms with E-state index in [-0.39, 0.29) is 5.91 Å². The smallest absolute Gasteiger partial charge is 0.257 e. The number of anilines is 1. The first kappa shape index (κ1) is 23.7. The zero-order chi connectivity index (χ0) is 23.8. The topological polar surface area (TPSA) is 51.2 Å². The van der Waals surface area contributed by atoms with Crippen LogP contribution in [0.3, 0.4) is 0 Å². The SMILES string of the molecule is CCCCOc1cccc(C(=O)Nc2nc(-c3ccc(-c4ccccc4)cc3)c(CCC)s2)c1. The fourth-order valence-corrected chi connectivity index (χ4v) is 4.79. The second-order valence-corrected chi connectivity index (χ2v) is 9.25. The van der Waals surface area contributed by atoms with Gasteiger partial charge in [0, 0.05) is 16.0 Å². The number of aromatic nitrogens is 1. The maximum Gasteiger partial charge on any atom is 0.257 e. The molecule has 0 unspecified atom stereocenters. The predicted octanol–water partition coefficient (Wildman–Crippen LogP) is 7.86. The lowest BCUT2D eigenvalue weighted by molar-refractivity contribution is 0.102. The maximum atomic E-state index is 12.9. The molecule has 0 aliphatic rings. The van der Waals surface area contributed by atoms with Gasteiger partial charge in [-0.1, -0.05) is 87.4 Å². The van der Waals surface area contributed by atoms with Gasteiger partial charge in [0.25, 0.3) is 5.91 Å². The van der Waals surface area contributed by atoms with E-state index >= 15 is 0 Å². The summed E-state index contributed by atoms with van der Waals surface area (Å²) in [5.41, 5.74) is 4.93. The van der Waals surface area contributed by atoms with Gasteiger partial charge in [-0.25, -0.2) is 4.98 Å². The van der Waals surface area contributed by atoms with E-state index in [1.165, 1.54) is 16.0 Å². The molecule has 0 bridgehead atoms. The second kappa shape index (κ2) is 11.6. The molecule has 174 valence electrons. The minimum absolute atomic E-state index is 0.177. The van der Waals surface area contributed by atoms with Crippen molar-refractivity contribution in [1.82, 2.24) is 4.98 Å². The van der Waals surface area contributed by atoms with Crippen LogP contribution in [0.2, 0.25) is 0 Å². The van der Waals surface area contributed by atoms with Crippen molar-refractivity contribution in [3.8, 4) is 28.1 Å². The van der Waals surface area contributed by atoms with Gasteiger partial charge in [0.2, 0.25) is 0 Å². The lowest BCUT2D eigenvalue weighted by Crippen LogP contribution is -2.11. The summed E-state index contributed by atoms with van der Waals surface area (Å²) in [5, 5.41) is 3.61. The first-order chi connectivity index (χ1) is 16.7. The zero-order valence-corrected chi connectivity index (χ0v) is 20.5. The molecule has 0 aliphatic heterocycles. The molecular weight excluding hydrogens is 440 g/mol. The van der Waals surface area contributed by atoms with E-state index in [9.17, 15) is 4.79 Å². The van der Waals surface area contributed by atoms with Crippen LogP contribution in [-0.2, 0) is 6.42 Å². The number of hydrogen-bond donors (Lipinski definition) is 1. The largest absolute Gasteiger partial charge is 0.494 e. The summed E-state index contributed by atoms with van der Waals surface area (Å²) in [7, 11) is 0. The van der Waals surface area contributed by atoms with Crippen LogP contribution in [0.4, 0.5) is 5.13 Å². The molecular formula is C29H30N2O2S. The molecule has 0 radical (unpaired) electrons. The van der Waals surface area contributed by atoms with E-state index in [0.717, 1.165) is 36.9 Å². The summed E-state index contributed by atoms with van der Waals surface area (Å²) >= 11 is 1.55. The van der Waals surface area contributed by atoms with Gasteiger partial charge in [0.05, 0.1) is 12.3 Å². The molecule has 3 aromatic carbocycles. The first-order valence-corrected chi connectivity index (χ1v) is 12.7. The Morgan fingerprint density at radius 2 is 1.62 bits per heavy atom. The molecule has 0 saturated carbocycles. The van der Waals surface area contributed by atoms with Crippen molar-refractivity contribution in [2.75, 3.05) is 11.9 Å². The Hall–Kier alpha value is -3.44. The maximum absolute atomic E-state index is 12.9. The molecule has 0 spiro atoms. The van der Waals surface area contributed by atoms with Crippen molar-refractivity contribution in [3.05, 3.63) is 89.3 Å². The fraction of sp³-hybridized carbons (Fsp3) is 0.241. The highest BCUT2D eigenvalue weighted by Crippen LogP contribution is 2.33. The van der Waals surface area contributed by atoms with Crippen molar-refractivity contribution < 1.29 is 9.53 Å². The quantitative estimate of drug-likeness (QED) is 0.240. The van der Waals surface area contributed by atoms with E-state index in [1.54, 1.807) is 23.5 Å². The molecule has 4 nitrogen and oxygen atoms in total. The summed E-state index contributed by atoms with van der Waals surface area (Å²) in [6.45, 7) is 4.94. The summed E-state index contributed by atoms with van der Waals surface area (Å²) in [5.74, 6) is 0.537. The van der Waals surface area contributed by atoms with Crippen LogP contribution in [0.1, 0.15) is 48.3 Å². The van der Waals surface area contributed by atoms with Gasteiger partial charge >= 0.3 is 0 Å². The van der Waals surface area contributed by atoms with Gasteiger partial charge < -0.3 is 4.74 Å². The zero-order valence-electron chi connectivity index (χ0n) is 19.7. The van der Waals surface area contributed by atoms with Gasteiger partial charge in [-0.3, -0.25) is 10.1 Å². The molecule has 5 heteroatoms. The Labute approximate surface area is 205 Å². The summed E-state index contributed by atoms with van der Waals surface area (Å²) in [4.78, 5) is 18.9. The van der Waals surface area contributed by atoms with Crippen LogP contribution in [0.25, 0.3) is 22.4 Å². The monoisotopic (exact) mass is 470 g/mol. The number of benzene rings is 3. The van der Waals surface area contributed by atoms with E-state index in [2.05, 4.69) is 55.6 Å². The number of rotatable bonds is 10. The highest BCUT2D eigenvalue weighted by Gasteiger charge is 2.16. The average molecular weight is 471 g/mol. The third-order valence-electron chi connectivity index (χ3n) is 5.52. The molecule has 4 rings (SSSR count). The Kier molecular flexibility index (Phi) is 8.10. The molecule has 0 aliphatic carbocycles. The number of amides is 1. The molecule has 1 heterocycles. The Bertz CT molecular complexity index is 1220. The minimum atomic E-state index is -0.177. The third kappa shape index (κ3) is 5.91. The van der Waals surface area contributed by atoms with Crippen LogP contribution >= 0.6 is 11.3 Å². The van der Waals surface area contributed by atoms with Crippen molar-refractivity contribution in [2.24, 2.45) is 0 Å². The predicted molar refractivity (Wildman–Crippen MR) is 142 cm³/mol. The molecule has 34 heavy (non-hydrogen) atoms. The highest BCUT2D eigenvalue weighted by atomic mass is 32.1. The van der Waals surface area contributed by atoms with Crippen molar-refractivity contribution in [1.29, 1.82) is 0 Å². The third-order valence-corrected chi connectivity index (χ3v) is 6.55. The van der Waals surface area contributed by atoms with Crippen LogP contribution in [0.15, 0.2) is 78.9 Å².